The molecule has 0 radical (unpaired) electrons. The van der Waals surface area contributed by atoms with Gasteiger partial charge in [-0.15, -0.1) is 0 Å². The summed E-state index contributed by atoms with van der Waals surface area (Å²) in [7, 11) is 2.02. The van der Waals surface area contributed by atoms with Crippen LogP contribution in [-0.2, 0) is 7.05 Å². The van der Waals surface area contributed by atoms with E-state index < -0.39 is 0 Å². The highest BCUT2D eigenvalue weighted by Crippen LogP contribution is 2.39. The zero-order chi connectivity index (χ0) is 11.2. The van der Waals surface area contributed by atoms with Gasteiger partial charge in [-0.05, 0) is 19.8 Å². The van der Waals surface area contributed by atoms with E-state index in [2.05, 4.69) is 22.7 Å². The molecular formula is C12H20N4. The van der Waals surface area contributed by atoms with Crippen molar-refractivity contribution in [3.63, 3.8) is 0 Å². The highest BCUT2D eigenvalue weighted by Gasteiger charge is 2.37. The Balaban J connectivity index is 1.93. The Morgan fingerprint density at radius 3 is 2.75 bits per heavy atom. The Morgan fingerprint density at radius 1 is 1.25 bits per heavy atom. The monoisotopic (exact) mass is 220 g/mol. The first-order valence-corrected chi connectivity index (χ1v) is 6.26. The topological polar surface area (TPSA) is 41.9 Å². The van der Waals surface area contributed by atoms with E-state index >= 15 is 0 Å². The minimum atomic E-state index is 0.283. The second-order valence-corrected chi connectivity index (χ2v) is 5.25. The maximum Gasteiger partial charge on any atom is 0.148 e. The molecule has 2 N–H and O–H groups in total. The number of fused-ring (bicyclic) bond motifs is 1. The third-order valence-corrected chi connectivity index (χ3v) is 4.02. The van der Waals surface area contributed by atoms with Gasteiger partial charge in [0.25, 0.3) is 0 Å². The third kappa shape index (κ3) is 1.39. The van der Waals surface area contributed by atoms with Crippen molar-refractivity contribution in [2.45, 2.75) is 44.6 Å². The van der Waals surface area contributed by atoms with Crippen molar-refractivity contribution in [2.24, 2.45) is 7.05 Å². The number of anilines is 2. The molecule has 0 unspecified atom stereocenters. The lowest BCUT2D eigenvalue weighted by atomic mass is 9.80. The van der Waals surface area contributed by atoms with Crippen molar-refractivity contribution in [1.29, 1.82) is 0 Å². The summed E-state index contributed by atoms with van der Waals surface area (Å²) >= 11 is 0. The lowest BCUT2D eigenvalue weighted by molar-refractivity contribution is 0.332. The van der Waals surface area contributed by atoms with Gasteiger partial charge in [-0.1, -0.05) is 19.3 Å². The SMILES string of the molecule is Cc1nn(C)c2c1NCC1(CCCCC1)N2. The minimum absolute atomic E-state index is 0.283. The van der Waals surface area contributed by atoms with E-state index in [9.17, 15) is 0 Å². The van der Waals surface area contributed by atoms with Crippen molar-refractivity contribution in [3.05, 3.63) is 5.69 Å². The molecule has 1 aliphatic heterocycles. The Bertz CT molecular complexity index is 401. The normalized spacial score (nSPS) is 22.4. The van der Waals surface area contributed by atoms with Crippen LogP contribution in [0.5, 0.6) is 0 Å². The summed E-state index contributed by atoms with van der Waals surface area (Å²) in [6.07, 6.45) is 6.65. The summed E-state index contributed by atoms with van der Waals surface area (Å²) in [5.41, 5.74) is 2.57. The number of aromatic nitrogens is 2. The van der Waals surface area contributed by atoms with Crippen molar-refractivity contribution < 1.29 is 0 Å². The average Bonchev–Trinajstić information content (AvgIpc) is 2.55. The predicted octanol–water partition coefficient (Wildman–Crippen LogP) is 2.27. The summed E-state index contributed by atoms with van der Waals surface area (Å²) in [4.78, 5) is 0. The van der Waals surface area contributed by atoms with E-state index in [-0.39, 0.29) is 5.54 Å². The first-order chi connectivity index (χ1) is 7.70. The number of rotatable bonds is 0. The molecule has 2 aliphatic rings. The Labute approximate surface area is 96.4 Å². The van der Waals surface area contributed by atoms with Gasteiger partial charge in [-0.25, -0.2) is 0 Å². The first kappa shape index (κ1) is 10.00. The van der Waals surface area contributed by atoms with Gasteiger partial charge < -0.3 is 10.6 Å². The van der Waals surface area contributed by atoms with E-state index in [4.69, 9.17) is 0 Å². The number of hydrogen-bond donors (Lipinski definition) is 2. The standard InChI is InChI=1S/C12H20N4/c1-9-10-11(16(2)15-9)14-12(8-13-10)6-4-3-5-7-12/h13-14H,3-8H2,1-2H3. The molecule has 2 heterocycles. The van der Waals surface area contributed by atoms with Crippen LogP contribution in [0.4, 0.5) is 11.5 Å². The third-order valence-electron chi connectivity index (χ3n) is 4.02. The Kier molecular flexibility index (Phi) is 2.13. The summed E-state index contributed by atoms with van der Waals surface area (Å²) < 4.78 is 1.97. The van der Waals surface area contributed by atoms with E-state index in [0.717, 1.165) is 12.2 Å². The van der Waals surface area contributed by atoms with Crippen molar-refractivity contribution in [1.82, 2.24) is 9.78 Å². The maximum absolute atomic E-state index is 4.46. The van der Waals surface area contributed by atoms with Gasteiger partial charge in [0.15, 0.2) is 0 Å². The van der Waals surface area contributed by atoms with Crippen LogP contribution in [0.15, 0.2) is 0 Å². The zero-order valence-corrected chi connectivity index (χ0v) is 10.1. The highest BCUT2D eigenvalue weighted by molar-refractivity contribution is 5.71. The molecule has 1 aromatic rings. The van der Waals surface area contributed by atoms with Gasteiger partial charge in [0.2, 0.25) is 0 Å². The average molecular weight is 220 g/mol. The van der Waals surface area contributed by atoms with Crippen LogP contribution in [0.1, 0.15) is 37.8 Å². The fourth-order valence-electron chi connectivity index (χ4n) is 3.10. The molecule has 1 aliphatic carbocycles. The summed E-state index contributed by atoms with van der Waals surface area (Å²) in [6.45, 7) is 3.11. The molecule has 0 saturated heterocycles. The maximum atomic E-state index is 4.46. The van der Waals surface area contributed by atoms with Crippen molar-refractivity contribution in [3.8, 4) is 0 Å². The molecule has 0 atom stereocenters. The Hall–Kier alpha value is -1.19. The van der Waals surface area contributed by atoms with E-state index in [1.165, 1.54) is 43.6 Å². The zero-order valence-electron chi connectivity index (χ0n) is 10.1. The molecular weight excluding hydrogens is 200 g/mol. The number of nitrogens with one attached hydrogen (secondary N) is 2. The molecule has 3 rings (SSSR count). The van der Waals surface area contributed by atoms with Crippen LogP contribution in [0, 0.1) is 6.92 Å². The molecule has 4 heteroatoms. The molecule has 1 aromatic heterocycles. The molecule has 4 nitrogen and oxygen atoms in total. The van der Waals surface area contributed by atoms with Crippen LogP contribution in [-0.4, -0.2) is 21.9 Å². The van der Waals surface area contributed by atoms with Crippen molar-refractivity contribution >= 4 is 11.5 Å². The minimum Gasteiger partial charge on any atom is -0.378 e. The second kappa shape index (κ2) is 3.40. The van der Waals surface area contributed by atoms with Gasteiger partial charge in [0.05, 0.1) is 11.2 Å². The highest BCUT2D eigenvalue weighted by atomic mass is 15.4. The quantitative estimate of drug-likeness (QED) is 0.704. The molecule has 0 bridgehead atoms. The molecule has 1 saturated carbocycles. The summed E-state index contributed by atoms with van der Waals surface area (Å²) in [6, 6.07) is 0. The van der Waals surface area contributed by atoms with Gasteiger partial charge in [0.1, 0.15) is 11.5 Å². The molecule has 1 fully saturated rings. The predicted molar refractivity (Wildman–Crippen MR) is 65.9 cm³/mol. The summed E-state index contributed by atoms with van der Waals surface area (Å²) in [5, 5.41) is 11.8. The molecule has 0 amide bonds. The number of nitrogens with zero attached hydrogens (tertiary/aromatic N) is 2. The summed E-state index contributed by atoms with van der Waals surface area (Å²) in [5.74, 6) is 1.17. The fraction of sp³-hybridized carbons (Fsp3) is 0.750. The van der Waals surface area contributed by atoms with Gasteiger partial charge in [-0.2, -0.15) is 5.10 Å². The largest absolute Gasteiger partial charge is 0.378 e. The molecule has 16 heavy (non-hydrogen) atoms. The number of aryl methyl sites for hydroxylation is 2. The lowest BCUT2D eigenvalue weighted by Gasteiger charge is -2.42. The Morgan fingerprint density at radius 2 is 2.00 bits per heavy atom. The lowest BCUT2D eigenvalue weighted by Crippen LogP contribution is -2.49. The van der Waals surface area contributed by atoms with Gasteiger partial charge >= 0.3 is 0 Å². The van der Waals surface area contributed by atoms with Gasteiger partial charge in [0, 0.05) is 13.6 Å². The molecule has 1 spiro atoms. The van der Waals surface area contributed by atoms with E-state index in [1.807, 2.05) is 11.7 Å². The second-order valence-electron chi connectivity index (χ2n) is 5.25. The first-order valence-electron chi connectivity index (χ1n) is 6.26. The van der Waals surface area contributed by atoms with Crippen LogP contribution in [0.2, 0.25) is 0 Å². The van der Waals surface area contributed by atoms with Crippen LogP contribution in [0.25, 0.3) is 0 Å². The van der Waals surface area contributed by atoms with Crippen molar-refractivity contribution in [2.75, 3.05) is 17.2 Å². The van der Waals surface area contributed by atoms with E-state index in [1.54, 1.807) is 0 Å². The van der Waals surface area contributed by atoms with Crippen LogP contribution >= 0.6 is 0 Å². The van der Waals surface area contributed by atoms with Gasteiger partial charge in [-0.3, -0.25) is 4.68 Å². The van der Waals surface area contributed by atoms with E-state index in [0.29, 0.717) is 0 Å². The molecule has 88 valence electrons. The smallest absolute Gasteiger partial charge is 0.148 e. The fourth-order valence-corrected chi connectivity index (χ4v) is 3.10. The van der Waals surface area contributed by atoms with Crippen LogP contribution < -0.4 is 10.6 Å². The number of hydrogen-bond acceptors (Lipinski definition) is 3. The van der Waals surface area contributed by atoms with Crippen LogP contribution in [0.3, 0.4) is 0 Å². The molecule has 0 aromatic carbocycles.